The second-order valence-corrected chi connectivity index (χ2v) is 20.2. The molecule has 0 spiro atoms. The number of carbonyl (C=O) groups is 1. The Balaban J connectivity index is 0.000000196. The van der Waals surface area contributed by atoms with Crippen LogP contribution in [0.5, 0.6) is 0 Å². The molecule has 0 heterocycles. The fraction of sp³-hybridized carbons (Fsp3) is 0.0179. The number of benzene rings is 9. The Kier molecular flexibility index (Phi) is 22.9. The minimum absolute atomic E-state index is 0. The molecule has 0 amide bonds. The predicted octanol–water partition coefficient (Wildman–Crippen LogP) is 9.09. The molecule has 0 saturated carbocycles. The van der Waals surface area contributed by atoms with Crippen LogP contribution in [-0.2, 0) is 41.1 Å². The first-order chi connectivity index (χ1) is 30.1. The van der Waals surface area contributed by atoms with E-state index in [-0.39, 0.29) is 36.3 Å². The van der Waals surface area contributed by atoms with Crippen molar-refractivity contribution in [3.63, 3.8) is 0 Å². The molecule has 0 fully saturated rings. The number of aliphatic carboxylic acids is 1. The fourth-order valence-electron chi connectivity index (χ4n) is 6.54. The van der Waals surface area contributed by atoms with Crippen LogP contribution in [-0.4, -0.2) is 5.97 Å². The van der Waals surface area contributed by atoms with Crippen LogP contribution >= 0.6 is 23.8 Å². The van der Waals surface area contributed by atoms with Gasteiger partial charge in [-0.2, -0.15) is 0 Å². The van der Waals surface area contributed by atoms with Crippen LogP contribution in [0.3, 0.4) is 0 Å². The molecule has 0 N–H and O–H groups in total. The molecule has 0 aliphatic carbocycles. The van der Waals surface area contributed by atoms with Crippen molar-refractivity contribution in [3.05, 3.63) is 273 Å². The van der Waals surface area contributed by atoms with Crippen molar-refractivity contribution in [2.75, 3.05) is 0 Å². The van der Waals surface area contributed by atoms with E-state index in [0.29, 0.717) is 0 Å². The standard InChI is InChI=1S/3C18H15P.C2H4O2.Co.Rh/c3*1-4-10-16(11-5-1)19(17-12-6-2-7-13-17)18-14-8-3-9-15-18;1-2(3)4;;/h3*1-15H;1H3,(H,3,4);;/p-1. The molecule has 318 valence electrons. The van der Waals surface area contributed by atoms with Gasteiger partial charge in [0, 0.05) is 42.2 Å². The largest absolute Gasteiger partial charge is 0.550 e. The monoisotopic (exact) mass is 1010 g/mol. The molecule has 9 aromatic carbocycles. The van der Waals surface area contributed by atoms with E-state index in [9.17, 15) is 0 Å². The van der Waals surface area contributed by atoms with E-state index < -0.39 is 29.7 Å². The van der Waals surface area contributed by atoms with Gasteiger partial charge in [-0.05, 0) is 78.4 Å². The van der Waals surface area contributed by atoms with Crippen LogP contribution in [0.1, 0.15) is 6.92 Å². The molecule has 0 aliphatic heterocycles. The number of hydrogen-bond acceptors (Lipinski definition) is 2. The molecular formula is C56H48CoO2P3Rh-. The zero-order valence-corrected chi connectivity index (χ0v) is 40.2. The second-order valence-electron chi connectivity index (χ2n) is 13.5. The van der Waals surface area contributed by atoms with Gasteiger partial charge in [0.25, 0.3) is 0 Å². The normalized spacial score (nSPS) is 9.97. The van der Waals surface area contributed by atoms with E-state index in [2.05, 4.69) is 273 Å². The summed E-state index contributed by atoms with van der Waals surface area (Å²) in [5, 5.41) is 21.5. The molecule has 7 heteroatoms. The van der Waals surface area contributed by atoms with Crippen molar-refractivity contribution in [2.24, 2.45) is 0 Å². The van der Waals surface area contributed by atoms with Gasteiger partial charge in [-0.25, -0.2) is 0 Å². The van der Waals surface area contributed by atoms with Gasteiger partial charge >= 0.3 is 0 Å². The van der Waals surface area contributed by atoms with Gasteiger partial charge in [-0.3, -0.25) is 0 Å². The smallest absolute Gasteiger partial charge is 0.0383 e. The van der Waals surface area contributed by atoms with Crippen molar-refractivity contribution >= 4 is 77.5 Å². The number of carboxylic acid groups (broad SMARTS) is 1. The summed E-state index contributed by atoms with van der Waals surface area (Å²) < 4.78 is 0. The van der Waals surface area contributed by atoms with Gasteiger partial charge in [-0.1, -0.05) is 273 Å². The molecule has 9 aromatic rings. The van der Waals surface area contributed by atoms with Crippen molar-refractivity contribution in [2.45, 2.75) is 6.92 Å². The van der Waals surface area contributed by atoms with Crippen LogP contribution in [0.15, 0.2) is 273 Å². The molecule has 9 rings (SSSR count). The first-order valence-electron chi connectivity index (χ1n) is 20.1. The van der Waals surface area contributed by atoms with Crippen LogP contribution in [0.2, 0.25) is 0 Å². The third-order valence-corrected chi connectivity index (χ3v) is 16.5. The van der Waals surface area contributed by atoms with Crippen LogP contribution in [0, 0.1) is 0 Å². The first-order valence-corrected chi connectivity index (χ1v) is 24.1. The topological polar surface area (TPSA) is 40.1 Å². The maximum atomic E-state index is 8.89. The SMILES string of the molecule is CC(=O)[O-].[Co].[Rh].c1ccc(P(c2ccccc2)c2ccccc2)cc1.c1ccc(P(c2ccccc2)c2ccccc2)cc1.c1ccc(P(c2ccccc2)c2ccccc2)cc1. The Hall–Kier alpha value is -5.13. The summed E-state index contributed by atoms with van der Waals surface area (Å²) in [5.74, 6) is -1.08. The van der Waals surface area contributed by atoms with E-state index in [1.54, 1.807) is 0 Å². The number of carbonyl (C=O) groups excluding carboxylic acids is 1. The number of carboxylic acids is 1. The fourth-order valence-corrected chi connectivity index (χ4v) is 13.5. The van der Waals surface area contributed by atoms with Crippen molar-refractivity contribution in [1.29, 1.82) is 0 Å². The zero-order chi connectivity index (χ0) is 42.3. The van der Waals surface area contributed by atoms with E-state index in [4.69, 9.17) is 9.90 Å². The van der Waals surface area contributed by atoms with Crippen LogP contribution in [0.4, 0.5) is 0 Å². The van der Waals surface area contributed by atoms with Crippen LogP contribution < -0.4 is 52.8 Å². The Morgan fingerprint density at radius 1 is 0.270 bits per heavy atom. The quantitative estimate of drug-likeness (QED) is 0.107. The average molecular weight is 1010 g/mol. The van der Waals surface area contributed by atoms with E-state index >= 15 is 0 Å². The minimum Gasteiger partial charge on any atom is -0.550 e. The molecule has 0 atom stereocenters. The Labute approximate surface area is 400 Å². The maximum absolute atomic E-state index is 8.89. The van der Waals surface area contributed by atoms with Gasteiger partial charge < -0.3 is 9.90 Å². The number of hydrogen-bond donors (Lipinski definition) is 0. The zero-order valence-electron chi connectivity index (χ0n) is 34.8. The molecule has 0 bridgehead atoms. The van der Waals surface area contributed by atoms with Gasteiger partial charge in [-0.15, -0.1) is 0 Å². The van der Waals surface area contributed by atoms with Crippen LogP contribution in [0.25, 0.3) is 0 Å². The minimum atomic E-state index is -1.08. The summed E-state index contributed by atoms with van der Waals surface area (Å²) in [6, 6.07) is 97.0. The Morgan fingerprint density at radius 3 is 0.429 bits per heavy atom. The summed E-state index contributed by atoms with van der Waals surface area (Å²) in [6.07, 6.45) is 0. The summed E-state index contributed by atoms with van der Waals surface area (Å²) in [6.45, 7) is 0.972. The van der Waals surface area contributed by atoms with Crippen molar-refractivity contribution < 1.29 is 46.2 Å². The molecule has 2 nitrogen and oxygen atoms in total. The first kappa shape index (κ1) is 50.5. The number of rotatable bonds is 9. The third kappa shape index (κ3) is 16.2. The van der Waals surface area contributed by atoms with Gasteiger partial charge in [0.2, 0.25) is 0 Å². The molecule has 63 heavy (non-hydrogen) atoms. The average Bonchev–Trinajstić information content (AvgIpc) is 3.33. The van der Waals surface area contributed by atoms with E-state index in [1.165, 1.54) is 47.7 Å². The molecule has 0 saturated heterocycles. The van der Waals surface area contributed by atoms with Gasteiger partial charge in [0.05, 0.1) is 0 Å². The van der Waals surface area contributed by atoms with E-state index in [1.807, 2.05) is 0 Å². The van der Waals surface area contributed by atoms with Gasteiger partial charge in [0.15, 0.2) is 0 Å². The van der Waals surface area contributed by atoms with Gasteiger partial charge in [0.1, 0.15) is 0 Å². The molecule has 0 unspecified atom stereocenters. The summed E-state index contributed by atoms with van der Waals surface area (Å²) in [7, 11) is -1.34. The molecule has 2 radical (unpaired) electrons. The second kappa shape index (κ2) is 28.5. The summed E-state index contributed by atoms with van der Waals surface area (Å²) in [4.78, 5) is 8.89. The van der Waals surface area contributed by atoms with E-state index in [0.717, 1.165) is 6.92 Å². The summed E-state index contributed by atoms with van der Waals surface area (Å²) >= 11 is 0. The Morgan fingerprint density at radius 2 is 0.349 bits per heavy atom. The molecular weight excluding hydrogens is 959 g/mol. The summed E-state index contributed by atoms with van der Waals surface area (Å²) in [5.41, 5.74) is 0. The third-order valence-electron chi connectivity index (χ3n) is 9.13. The van der Waals surface area contributed by atoms with Crippen molar-refractivity contribution in [1.82, 2.24) is 0 Å². The molecule has 0 aromatic heterocycles. The van der Waals surface area contributed by atoms with Crippen molar-refractivity contribution in [3.8, 4) is 0 Å². The maximum Gasteiger partial charge on any atom is 0.0383 e. The molecule has 0 aliphatic rings. The Bertz CT molecular complexity index is 1980. The predicted molar refractivity (Wildman–Crippen MR) is 266 cm³/mol.